The summed E-state index contributed by atoms with van der Waals surface area (Å²) >= 11 is 0. The standard InChI is InChI=1S/C83H90N4O9S.Na/c1-48-16-17-54-39-65-25-28-67(54)71(48)43-75(97(92,93)94)72-41-60-37-59(40-66-34-50(47-88)11-6-12-53-38-64(89)24-27-70(53)79(60)95-66)76(72)51-18-22-62(23-19-51)83(96-65,87-80(84)85)45-63(33-49-9-4-3-5-10-49)81(90)31-8-14-58(44-81)52-21-29-73-56(35-52)20-26-69-61(46-86-2)36-57-13-7-15-68-55-30-32-82(73,91)74(42-55)78(69)77(57)68;/h3-5,7,9-10,13,15,18-19,21-25,27-30,32,35-36,38-39,41,48,50,55,58-59,63,66,71-72,74-76,79,86,88-91H,8,11,14,16-17,20,26,31,33-34,37,40,42-47H2,1-2H3,(H4,84,85,87)(H,92,93,94);/q;+1/p-1. The average molecular weight is 1340 g/mol. The zero-order valence-electron chi connectivity index (χ0n) is 56.5. The summed E-state index contributed by atoms with van der Waals surface area (Å²) in [5.41, 5.74) is 24.7. The number of fused-ring (bicyclic) bond motifs is 12. The molecule has 11 aliphatic rings. The van der Waals surface area contributed by atoms with E-state index in [1.807, 2.05) is 61.6 Å². The van der Waals surface area contributed by atoms with E-state index in [4.69, 9.17) is 25.9 Å². The number of allylic oxidation sites excluding steroid dienone is 2. The Balaban J connectivity index is 0.00000784. The quantitative estimate of drug-likeness (QED) is 0.0160. The van der Waals surface area contributed by atoms with Crippen molar-refractivity contribution in [1.29, 1.82) is 0 Å². The van der Waals surface area contributed by atoms with E-state index in [0.717, 1.165) is 95.2 Å². The minimum absolute atomic E-state index is 0. The van der Waals surface area contributed by atoms with Crippen molar-refractivity contribution in [1.82, 2.24) is 5.32 Å². The van der Waals surface area contributed by atoms with Crippen molar-refractivity contribution in [2.75, 3.05) is 13.7 Å². The van der Waals surface area contributed by atoms with Gasteiger partial charge >= 0.3 is 29.6 Å². The van der Waals surface area contributed by atoms with E-state index in [1.165, 1.54) is 33.0 Å². The number of nitrogens with two attached hydrogens (primary N) is 2. The number of aliphatic imine (C=N–C) groups is 1. The van der Waals surface area contributed by atoms with Gasteiger partial charge in [0, 0.05) is 54.5 Å². The molecule has 7 aromatic rings. The molecule has 13 nitrogen and oxygen atoms in total. The number of benzene rings is 7. The summed E-state index contributed by atoms with van der Waals surface area (Å²) in [5, 5.41) is 53.8. The summed E-state index contributed by atoms with van der Waals surface area (Å²) in [4.78, 5) is 5.25. The molecule has 16 atom stereocenters. The second-order valence-electron chi connectivity index (χ2n) is 30.4. The third-order valence-electron chi connectivity index (χ3n) is 24.8. The molecular weight excluding hydrogens is 1250 g/mol. The van der Waals surface area contributed by atoms with Crippen molar-refractivity contribution in [3.63, 3.8) is 0 Å². The Bertz CT molecular complexity index is 4520. The number of hydrogen-bond donors (Lipinski definition) is 7. The van der Waals surface area contributed by atoms with Gasteiger partial charge in [0.15, 0.2) is 5.96 Å². The summed E-state index contributed by atoms with van der Waals surface area (Å²) in [7, 11) is -2.97. The Hall–Kier alpha value is -6.58. The van der Waals surface area contributed by atoms with E-state index in [0.29, 0.717) is 68.2 Å². The maximum Gasteiger partial charge on any atom is 1.00 e. The molecule has 9 N–H and O–H groups in total. The first-order valence-electron chi connectivity index (χ1n) is 35.7. The van der Waals surface area contributed by atoms with Crippen LogP contribution in [-0.2, 0) is 58.4 Å². The van der Waals surface area contributed by atoms with Crippen molar-refractivity contribution in [2.24, 2.45) is 46.0 Å². The third-order valence-corrected chi connectivity index (χ3v) is 26.0. The Morgan fingerprint density at radius 2 is 1.67 bits per heavy atom. The van der Waals surface area contributed by atoms with Crippen molar-refractivity contribution in [3.05, 3.63) is 235 Å². The molecule has 0 radical (unpaired) electrons. The van der Waals surface area contributed by atoms with Crippen molar-refractivity contribution in [2.45, 2.75) is 180 Å². The molecule has 7 aromatic carbocycles. The van der Waals surface area contributed by atoms with Crippen LogP contribution in [0.4, 0.5) is 0 Å². The van der Waals surface area contributed by atoms with Gasteiger partial charge in [0.1, 0.15) is 23.2 Å². The van der Waals surface area contributed by atoms with Crippen molar-refractivity contribution < 1.29 is 72.4 Å². The third kappa shape index (κ3) is 12.1. The molecule has 16 unspecified atom stereocenters. The van der Waals surface area contributed by atoms with Crippen molar-refractivity contribution >= 4 is 26.9 Å². The number of phenols is 1. The van der Waals surface area contributed by atoms with Gasteiger partial charge in [-0.15, -0.1) is 0 Å². The zero-order valence-corrected chi connectivity index (χ0v) is 59.3. The van der Waals surface area contributed by atoms with Crippen LogP contribution in [0.3, 0.4) is 0 Å². The Morgan fingerprint density at radius 1 is 0.857 bits per heavy atom. The number of aryl methyl sites for hydroxylation is 2. The fourth-order valence-electron chi connectivity index (χ4n) is 20.2. The predicted octanol–water partition coefficient (Wildman–Crippen LogP) is 10.2. The molecule has 0 amide bonds. The maximum atomic E-state index is 14.5. The summed E-state index contributed by atoms with van der Waals surface area (Å²) in [6.45, 7) is 2.81. The Morgan fingerprint density at radius 3 is 2.47 bits per heavy atom. The van der Waals surface area contributed by atoms with Gasteiger partial charge in [-0.05, 0) is 252 Å². The molecule has 15 heteroatoms. The largest absolute Gasteiger partial charge is 1.00 e. The summed E-state index contributed by atoms with van der Waals surface area (Å²) in [6, 6.07) is 45.4. The number of aliphatic hydroxyl groups is 3. The van der Waals surface area contributed by atoms with Crippen molar-refractivity contribution in [3.8, 4) is 23.3 Å². The molecule has 0 spiro atoms. The molecule has 1 saturated heterocycles. The molecule has 1 saturated carbocycles. The summed E-state index contributed by atoms with van der Waals surface area (Å²) in [6.07, 6.45) is 14.8. The van der Waals surface area contributed by atoms with E-state index < -0.39 is 56.2 Å². The molecule has 98 heavy (non-hydrogen) atoms. The fourth-order valence-corrected chi connectivity index (χ4v) is 21.3. The van der Waals surface area contributed by atoms with Gasteiger partial charge in [0.25, 0.3) is 0 Å². The Kier molecular flexibility index (Phi) is 18.1. The number of nitrogens with one attached hydrogen (secondary N) is 1. The minimum atomic E-state index is -4.98. The first-order valence-corrected chi connectivity index (χ1v) is 37.1. The molecule has 18 rings (SSSR count). The van der Waals surface area contributed by atoms with Gasteiger partial charge in [-0.2, -0.15) is 0 Å². The van der Waals surface area contributed by atoms with Crippen LogP contribution in [0.25, 0.3) is 10.8 Å². The number of rotatable bonds is 11. The van der Waals surface area contributed by atoms with Crippen LogP contribution in [-0.4, -0.2) is 70.0 Å². The normalized spacial score (nSPS) is 31.3. The van der Waals surface area contributed by atoms with Gasteiger partial charge < -0.3 is 51.2 Å². The summed E-state index contributed by atoms with van der Waals surface area (Å²) < 4.78 is 58.3. The molecule has 5 heterocycles. The zero-order chi connectivity index (χ0) is 66.7. The van der Waals surface area contributed by atoms with Gasteiger partial charge in [-0.1, -0.05) is 140 Å². The average Bonchev–Trinajstić information content (AvgIpc) is 0.792. The van der Waals surface area contributed by atoms with Crippen LogP contribution in [0, 0.1) is 41.4 Å². The molecular formula is C83H89N4NaO9S. The van der Waals surface area contributed by atoms with Gasteiger partial charge in [0.05, 0.1) is 27.1 Å². The number of aromatic hydroxyl groups is 1. The summed E-state index contributed by atoms with van der Waals surface area (Å²) in [5.74, 6) is 4.73. The maximum absolute atomic E-state index is 14.5. The van der Waals surface area contributed by atoms with Crippen LogP contribution in [0.1, 0.15) is 198 Å². The van der Waals surface area contributed by atoms with E-state index in [-0.39, 0.29) is 108 Å². The molecule has 0 aromatic heterocycles. The van der Waals surface area contributed by atoms with Crippen LogP contribution in [0.15, 0.2) is 162 Å². The van der Waals surface area contributed by atoms with Crippen LogP contribution in [0.5, 0.6) is 11.5 Å². The number of nitrogens with zero attached hydrogens (tertiary/aromatic N) is 1. The van der Waals surface area contributed by atoms with E-state index in [2.05, 4.69) is 109 Å². The second kappa shape index (κ2) is 26.4. The molecule has 2 fully saturated rings. The van der Waals surface area contributed by atoms with Crippen LogP contribution >= 0.6 is 0 Å². The number of ether oxygens (including phenoxy) is 2. The molecule has 5 aliphatic heterocycles. The van der Waals surface area contributed by atoms with Gasteiger partial charge in [-0.3, -0.25) is 0 Å². The number of guanidine groups is 1. The molecule has 502 valence electrons. The first-order chi connectivity index (χ1) is 46.9. The minimum Gasteiger partial charge on any atom is -0.748 e. The Labute approximate surface area is 598 Å². The van der Waals surface area contributed by atoms with E-state index in [1.54, 1.807) is 12.1 Å². The second-order valence-corrected chi connectivity index (χ2v) is 32.0. The number of phenolic OH excluding ortho intramolecular Hbond substituents is 1. The number of hydrogen-bond acceptors (Lipinski definition) is 11. The smallest absolute Gasteiger partial charge is 0.748 e. The SMILES string of the molecule is CNCc1cc2cccc3c2c2c1CCc1cc(C4CCCC(O)(C(Cc5ccccc5)CC5(N=C(N)N)Oc6ccc7c(c6)CCC(C)C7CC(S(=O)(=O)[O-])C6C=C7CC(CC8CC(CO)CC#Cc9cc(O)ccc9C7O8)C6c6ccc5cc6)C4)ccc1C1(O)C=CC3CC21.[Na+]. The van der Waals surface area contributed by atoms with E-state index in [9.17, 15) is 33.4 Å². The fraction of sp³-hybridized carbons (Fsp3) is 0.434. The van der Waals surface area contributed by atoms with Gasteiger partial charge in [-0.25, -0.2) is 13.4 Å². The first kappa shape index (κ1) is 67.3. The number of aliphatic hydroxyl groups excluding tert-OH is 1. The monoisotopic (exact) mass is 1340 g/mol. The molecule has 12 bridgehead atoms. The van der Waals surface area contributed by atoms with Gasteiger partial charge in [0.2, 0.25) is 5.72 Å². The predicted molar refractivity (Wildman–Crippen MR) is 377 cm³/mol. The molecule has 6 aliphatic carbocycles. The van der Waals surface area contributed by atoms with E-state index >= 15 is 0 Å². The van der Waals surface area contributed by atoms with Crippen LogP contribution in [0.2, 0.25) is 0 Å². The van der Waals surface area contributed by atoms with Crippen LogP contribution < -0.4 is 51.1 Å². The topological polar surface area (TPSA) is 233 Å².